The molecule has 0 spiro atoms. The van der Waals surface area contributed by atoms with E-state index in [0.29, 0.717) is 25.0 Å². The Morgan fingerprint density at radius 3 is 2.07 bits per heavy atom. The van der Waals surface area contributed by atoms with Gasteiger partial charge in [-0.2, -0.15) is 0 Å². The van der Waals surface area contributed by atoms with E-state index in [9.17, 15) is 38.7 Å². The van der Waals surface area contributed by atoms with Gasteiger partial charge < -0.3 is 62.7 Å². The number of aromatic amines is 1. The molecule has 2 fully saturated rings. The molecule has 1 saturated heterocycles. The summed E-state index contributed by atoms with van der Waals surface area (Å²) < 4.78 is 0. The molecule has 1 saturated carbocycles. The predicted octanol–water partition coefficient (Wildman–Crippen LogP) is 0.791. The van der Waals surface area contributed by atoms with Gasteiger partial charge in [0, 0.05) is 62.9 Å². The molecule has 2 heterocycles. The van der Waals surface area contributed by atoms with Gasteiger partial charge in [0.25, 0.3) is 0 Å². The average Bonchev–Trinajstić information content (AvgIpc) is 3.92. The van der Waals surface area contributed by atoms with E-state index in [4.69, 9.17) is 11.1 Å². The van der Waals surface area contributed by atoms with Crippen molar-refractivity contribution in [2.75, 3.05) is 26.7 Å². The van der Waals surface area contributed by atoms with Crippen molar-refractivity contribution in [1.82, 2.24) is 47.1 Å². The Labute approximate surface area is 391 Å². The van der Waals surface area contributed by atoms with Crippen molar-refractivity contribution >= 4 is 58.6 Å². The number of carbonyl (C=O) groups is 7. The van der Waals surface area contributed by atoms with Crippen LogP contribution in [0.3, 0.4) is 0 Å². The highest BCUT2D eigenvalue weighted by Crippen LogP contribution is 2.28. The van der Waals surface area contributed by atoms with Gasteiger partial charge >= 0.3 is 0 Å². The summed E-state index contributed by atoms with van der Waals surface area (Å²) in [4.78, 5) is 98.6. The molecule has 2 aliphatic rings. The molecule has 0 radical (unpaired) electrons. The zero-order valence-electron chi connectivity index (χ0n) is 38.6. The highest BCUT2D eigenvalue weighted by molar-refractivity contribution is 5.95. The van der Waals surface area contributed by atoms with Gasteiger partial charge in [-0.05, 0) is 62.3 Å². The van der Waals surface area contributed by atoms with E-state index in [-0.39, 0.29) is 70.0 Å². The normalized spacial score (nSPS) is 18.4. The first-order valence-electron chi connectivity index (χ1n) is 23.5. The number of para-hydroxylation sites is 1. The number of likely N-dealkylation sites (tertiary alicyclic amines) is 1. The van der Waals surface area contributed by atoms with Crippen LogP contribution >= 0.6 is 0 Å². The number of nitrogens with one attached hydrogen (secondary N) is 9. The number of hydrogen-bond donors (Lipinski definition) is 11. The number of likely N-dealkylation sites (N-methyl/N-ethyl adjacent to an activating group) is 1. The van der Waals surface area contributed by atoms with Crippen molar-refractivity contribution in [1.29, 1.82) is 5.41 Å². The Hall–Kier alpha value is -6.34. The molecule has 1 aliphatic heterocycles. The Morgan fingerprint density at radius 1 is 0.791 bits per heavy atom. The van der Waals surface area contributed by atoms with E-state index < -0.39 is 71.9 Å². The number of nitrogens with zero attached hydrogens (tertiary/aromatic N) is 1. The minimum atomic E-state index is -1.19. The van der Waals surface area contributed by atoms with Gasteiger partial charge in [0.05, 0.1) is 18.2 Å². The number of aldehydes is 1. The number of H-pyrrole nitrogens is 1. The van der Waals surface area contributed by atoms with E-state index in [1.807, 2.05) is 30.3 Å². The van der Waals surface area contributed by atoms with E-state index in [2.05, 4.69) is 42.2 Å². The number of carbonyl (C=O) groups excluding carboxylic acids is 7. The first-order chi connectivity index (χ1) is 32.3. The van der Waals surface area contributed by atoms with Crippen LogP contribution in [-0.2, 0) is 46.4 Å². The van der Waals surface area contributed by atoms with Gasteiger partial charge in [-0.1, -0.05) is 80.6 Å². The number of aliphatic hydroxyl groups is 1. The lowest BCUT2D eigenvalue weighted by Crippen LogP contribution is -2.57. The zero-order valence-corrected chi connectivity index (χ0v) is 38.6. The van der Waals surface area contributed by atoms with Crippen LogP contribution in [0.5, 0.6) is 0 Å². The van der Waals surface area contributed by atoms with Crippen molar-refractivity contribution in [3.63, 3.8) is 0 Å². The number of nitrogens with two attached hydrogens (primary N) is 1. The van der Waals surface area contributed by atoms with Crippen LogP contribution < -0.4 is 43.0 Å². The lowest BCUT2D eigenvalue weighted by Gasteiger charge is -2.28. The maximum Gasteiger partial charge on any atom is 0.245 e. The summed E-state index contributed by atoms with van der Waals surface area (Å²) in [6.45, 7) is 1.43. The molecule has 19 nitrogen and oxygen atoms in total. The molecule has 12 N–H and O–H groups in total. The SMILES string of the molecule is CN[C@H](CC1CCCCC1)C(=O)NC(Cc1c[nH]c2ccccc12)C(=O)NC(CCCNC(=N)N)C(=O)NCCC[C@H](NC(=O)[C@H](Cc1ccccc1)NC(C)=O)C(=O)N1C[C@H](O)CC1C=O. The van der Waals surface area contributed by atoms with E-state index in [1.54, 1.807) is 37.5 Å². The first-order valence-corrected chi connectivity index (χ1v) is 23.5. The summed E-state index contributed by atoms with van der Waals surface area (Å²) in [5.41, 5.74) is 7.94. The topological polar surface area (TPSA) is 293 Å². The fourth-order valence-corrected chi connectivity index (χ4v) is 9.09. The van der Waals surface area contributed by atoms with Crippen molar-refractivity contribution in [3.05, 3.63) is 71.9 Å². The third-order valence-electron chi connectivity index (χ3n) is 12.6. The molecule has 1 aliphatic carbocycles. The molecule has 6 amide bonds. The molecular formula is C48H69N11O8. The van der Waals surface area contributed by atoms with Crippen molar-refractivity contribution in [2.45, 2.75) is 133 Å². The zero-order chi connectivity index (χ0) is 48.3. The van der Waals surface area contributed by atoms with Gasteiger partial charge in [0.2, 0.25) is 35.4 Å². The number of hydrogen-bond acceptors (Lipinski definition) is 10. The van der Waals surface area contributed by atoms with Gasteiger partial charge in [-0.25, -0.2) is 0 Å². The number of β-amino-alcohol motifs (C(OH)–C–C–N with tert-alkyl or cyclic N) is 1. The molecule has 2 aromatic carbocycles. The maximum absolute atomic E-state index is 14.4. The Morgan fingerprint density at radius 2 is 1.40 bits per heavy atom. The fourth-order valence-electron chi connectivity index (χ4n) is 9.09. The van der Waals surface area contributed by atoms with Gasteiger partial charge in [-0.15, -0.1) is 0 Å². The Kier molecular flexibility index (Phi) is 20.1. The molecule has 364 valence electrons. The molecular weight excluding hydrogens is 859 g/mol. The summed E-state index contributed by atoms with van der Waals surface area (Å²) >= 11 is 0. The van der Waals surface area contributed by atoms with Crippen molar-refractivity contribution in [3.8, 4) is 0 Å². The predicted molar refractivity (Wildman–Crippen MR) is 253 cm³/mol. The molecule has 7 atom stereocenters. The van der Waals surface area contributed by atoms with Crippen LogP contribution in [0.2, 0.25) is 0 Å². The standard InChI is InChI=1S/C48H69N11O8/c1-30(61)55-41(24-32-15-7-4-8-16-32)45(65)57-39(47(67)59-28-35(62)26-34(59)29-60)20-12-21-52-43(63)38(19-11-22-53-48(49)50)56-46(66)42(25-33-27-54-37-18-10-9-17-36(33)37)58-44(64)40(51-2)23-31-13-5-3-6-14-31/h4,7-10,15-18,27,29,31,34-35,38-42,51,54,62H,3,5-6,11-14,19-26,28H2,1-2H3,(H,52,63)(H,55,61)(H,56,66)(H,57,65)(H,58,64)(H4,49,50,53)/t34?,35-,38?,39+,40-,41+,42?/m1/s1. The molecule has 3 unspecified atom stereocenters. The van der Waals surface area contributed by atoms with E-state index in [1.165, 1.54) is 18.2 Å². The summed E-state index contributed by atoms with van der Waals surface area (Å²) in [7, 11) is 1.73. The first kappa shape index (κ1) is 51.6. The fraction of sp³-hybridized carbons (Fsp3) is 0.542. The maximum atomic E-state index is 14.4. The summed E-state index contributed by atoms with van der Waals surface area (Å²) in [6.07, 6.45) is 8.56. The number of benzene rings is 2. The summed E-state index contributed by atoms with van der Waals surface area (Å²) in [5.74, 6) is -2.96. The van der Waals surface area contributed by atoms with Crippen LogP contribution in [0.4, 0.5) is 0 Å². The largest absolute Gasteiger partial charge is 0.391 e. The number of amides is 6. The second-order valence-corrected chi connectivity index (χ2v) is 17.8. The van der Waals surface area contributed by atoms with Gasteiger partial charge in [0.1, 0.15) is 30.5 Å². The quantitative estimate of drug-likeness (QED) is 0.0245. The second-order valence-electron chi connectivity index (χ2n) is 17.8. The van der Waals surface area contributed by atoms with Gasteiger partial charge in [-0.3, -0.25) is 34.2 Å². The minimum absolute atomic E-state index is 0.00687. The van der Waals surface area contributed by atoms with Crippen LogP contribution in [0, 0.1) is 11.3 Å². The molecule has 3 aromatic rings. The Bertz CT molecular complexity index is 2150. The van der Waals surface area contributed by atoms with E-state index in [0.717, 1.165) is 47.7 Å². The lowest BCUT2D eigenvalue weighted by molar-refractivity contribution is -0.139. The third-order valence-corrected chi connectivity index (χ3v) is 12.6. The third kappa shape index (κ3) is 15.9. The molecule has 19 heteroatoms. The highest BCUT2D eigenvalue weighted by Gasteiger charge is 2.38. The number of guanidine groups is 1. The molecule has 67 heavy (non-hydrogen) atoms. The Balaban J connectivity index is 1.30. The highest BCUT2D eigenvalue weighted by atomic mass is 16.3. The van der Waals surface area contributed by atoms with E-state index >= 15 is 0 Å². The van der Waals surface area contributed by atoms with Crippen molar-refractivity contribution in [2.24, 2.45) is 11.7 Å². The van der Waals surface area contributed by atoms with Crippen LogP contribution in [0.25, 0.3) is 10.9 Å². The molecule has 0 bridgehead atoms. The summed E-state index contributed by atoms with van der Waals surface area (Å²) in [6, 6.07) is 10.9. The lowest BCUT2D eigenvalue weighted by atomic mass is 9.84. The van der Waals surface area contributed by atoms with Crippen molar-refractivity contribution < 1.29 is 38.7 Å². The van der Waals surface area contributed by atoms with Crippen LogP contribution in [-0.4, -0.2) is 132 Å². The molecule has 1 aromatic heterocycles. The van der Waals surface area contributed by atoms with Gasteiger partial charge in [0.15, 0.2) is 5.96 Å². The second kappa shape index (κ2) is 26.1. The smallest absolute Gasteiger partial charge is 0.245 e. The van der Waals surface area contributed by atoms with Crippen LogP contribution in [0.15, 0.2) is 60.8 Å². The average molecular weight is 928 g/mol. The number of aliphatic hydroxyl groups excluding tert-OH is 1. The number of aromatic nitrogens is 1. The van der Waals surface area contributed by atoms with Crippen LogP contribution in [0.1, 0.15) is 88.7 Å². The molecule has 5 rings (SSSR count). The monoisotopic (exact) mass is 928 g/mol. The summed E-state index contributed by atoms with van der Waals surface area (Å²) in [5, 5.41) is 38.8. The number of rotatable bonds is 25. The minimum Gasteiger partial charge on any atom is -0.391 e. The number of fused-ring (bicyclic) bond motifs is 1.